The smallest absolute Gasteiger partial charge is 0.266 e. The first kappa shape index (κ1) is 18.7. The second-order valence-electron chi connectivity index (χ2n) is 6.31. The van der Waals surface area contributed by atoms with E-state index in [1.807, 2.05) is 0 Å². The van der Waals surface area contributed by atoms with Crippen LogP contribution < -0.4 is 15.0 Å². The zero-order valence-electron chi connectivity index (χ0n) is 15.3. The van der Waals surface area contributed by atoms with Crippen molar-refractivity contribution in [1.29, 1.82) is 0 Å². The van der Waals surface area contributed by atoms with Gasteiger partial charge in [0.15, 0.2) is 0 Å². The third-order valence-corrected chi connectivity index (χ3v) is 4.83. The van der Waals surface area contributed by atoms with Crippen LogP contribution in [0.1, 0.15) is 31.1 Å². The molecule has 1 N–H and O–H groups in total. The highest BCUT2D eigenvalue weighted by molar-refractivity contribution is 6.35. The van der Waals surface area contributed by atoms with E-state index in [4.69, 9.17) is 16.3 Å². The van der Waals surface area contributed by atoms with Crippen molar-refractivity contribution in [1.82, 2.24) is 0 Å². The van der Waals surface area contributed by atoms with Gasteiger partial charge in [0.2, 0.25) is 0 Å². The first-order valence-electron chi connectivity index (χ1n) is 8.73. The van der Waals surface area contributed by atoms with Crippen LogP contribution >= 0.6 is 11.6 Å². The number of fused-ring (bicyclic) bond motifs is 1. The number of para-hydroxylation sites is 1. The Morgan fingerprint density at radius 3 is 2.21 bits per heavy atom. The summed E-state index contributed by atoms with van der Waals surface area (Å²) in [5.41, 5.74) is 1.37. The highest BCUT2D eigenvalue weighted by Gasteiger charge is 2.38. The number of hydrogen-bond acceptors (Lipinski definition) is 4. The van der Waals surface area contributed by atoms with Gasteiger partial charge in [-0.05, 0) is 42.5 Å². The number of anilines is 2. The zero-order chi connectivity index (χ0) is 20.5. The quantitative estimate of drug-likeness (QED) is 0.651. The van der Waals surface area contributed by atoms with Gasteiger partial charge < -0.3 is 10.1 Å². The van der Waals surface area contributed by atoms with Gasteiger partial charge in [-0.25, -0.2) is 4.90 Å². The fourth-order valence-corrected chi connectivity index (χ4v) is 3.41. The molecule has 144 valence electrons. The normalized spacial score (nSPS) is 12.7. The summed E-state index contributed by atoms with van der Waals surface area (Å²) >= 11 is 6.02. The monoisotopic (exact) mass is 406 g/mol. The molecule has 6 nitrogen and oxygen atoms in total. The number of nitrogens with one attached hydrogen (secondary N) is 1. The average molecular weight is 407 g/mol. The minimum atomic E-state index is -0.502. The topological polar surface area (TPSA) is 75.7 Å². The largest absolute Gasteiger partial charge is 0.495 e. The van der Waals surface area contributed by atoms with Crippen molar-refractivity contribution in [2.45, 2.75) is 0 Å². The minimum Gasteiger partial charge on any atom is -0.495 e. The Bertz CT molecular complexity index is 1120. The van der Waals surface area contributed by atoms with Gasteiger partial charge in [0.05, 0.1) is 35.2 Å². The number of ether oxygens (including phenoxy) is 1. The Hall–Kier alpha value is -3.64. The van der Waals surface area contributed by atoms with Gasteiger partial charge in [0.25, 0.3) is 17.7 Å². The van der Waals surface area contributed by atoms with Crippen LogP contribution in [-0.4, -0.2) is 24.8 Å². The van der Waals surface area contributed by atoms with E-state index in [0.717, 1.165) is 4.90 Å². The standard InChI is InChI=1S/C22H15ClN2O4/c1-29-19-11-10-13(23)12-17(19)24-20(26)16-8-4-5-9-18(16)25-21(27)14-6-2-3-7-15(14)22(25)28/h2-12H,1H3,(H,24,26). The van der Waals surface area contributed by atoms with Crippen molar-refractivity contribution in [2.75, 3.05) is 17.3 Å². The Kier molecular flexibility index (Phi) is 4.78. The molecule has 0 fully saturated rings. The molecule has 1 aliphatic rings. The summed E-state index contributed by atoms with van der Waals surface area (Å²) in [5.74, 6) is -1.00. The molecule has 0 atom stereocenters. The van der Waals surface area contributed by atoms with Crippen LogP contribution in [0, 0.1) is 0 Å². The van der Waals surface area contributed by atoms with E-state index in [1.54, 1.807) is 66.7 Å². The van der Waals surface area contributed by atoms with Crippen molar-refractivity contribution in [3.8, 4) is 5.75 Å². The van der Waals surface area contributed by atoms with Crippen LogP contribution in [0.25, 0.3) is 0 Å². The lowest BCUT2D eigenvalue weighted by Crippen LogP contribution is -2.31. The number of amides is 3. The first-order chi connectivity index (χ1) is 14.0. The molecular formula is C22H15ClN2O4. The van der Waals surface area contributed by atoms with Crippen molar-refractivity contribution >= 4 is 40.7 Å². The lowest BCUT2D eigenvalue weighted by Gasteiger charge is -2.18. The summed E-state index contributed by atoms with van der Waals surface area (Å²) in [7, 11) is 1.48. The lowest BCUT2D eigenvalue weighted by molar-refractivity contribution is 0.0926. The molecule has 0 saturated heterocycles. The zero-order valence-corrected chi connectivity index (χ0v) is 16.1. The highest BCUT2D eigenvalue weighted by atomic mass is 35.5. The Morgan fingerprint density at radius 2 is 1.55 bits per heavy atom. The van der Waals surface area contributed by atoms with E-state index in [1.165, 1.54) is 7.11 Å². The molecule has 3 amide bonds. The maximum absolute atomic E-state index is 13.0. The fourth-order valence-electron chi connectivity index (χ4n) is 3.24. The van der Waals surface area contributed by atoms with Gasteiger partial charge in [-0.15, -0.1) is 0 Å². The lowest BCUT2D eigenvalue weighted by atomic mass is 10.1. The Labute approximate surface area is 171 Å². The summed E-state index contributed by atoms with van der Waals surface area (Å²) < 4.78 is 5.25. The highest BCUT2D eigenvalue weighted by Crippen LogP contribution is 2.32. The molecule has 0 bridgehead atoms. The number of hydrogen-bond donors (Lipinski definition) is 1. The number of imide groups is 1. The molecule has 4 rings (SSSR count). The van der Waals surface area contributed by atoms with E-state index in [-0.39, 0.29) is 11.3 Å². The van der Waals surface area contributed by atoms with Crippen molar-refractivity contribution in [3.63, 3.8) is 0 Å². The summed E-state index contributed by atoms with van der Waals surface area (Å²) in [6.45, 7) is 0. The summed E-state index contributed by atoms with van der Waals surface area (Å²) in [5, 5.41) is 3.16. The predicted molar refractivity (Wildman–Crippen MR) is 110 cm³/mol. The van der Waals surface area contributed by atoms with Crippen molar-refractivity contribution in [2.24, 2.45) is 0 Å². The first-order valence-corrected chi connectivity index (χ1v) is 9.11. The van der Waals surface area contributed by atoms with Gasteiger partial charge >= 0.3 is 0 Å². The molecule has 1 aliphatic heterocycles. The molecular weight excluding hydrogens is 392 g/mol. The van der Waals surface area contributed by atoms with E-state index >= 15 is 0 Å². The van der Waals surface area contributed by atoms with Crippen LogP contribution in [0.3, 0.4) is 0 Å². The van der Waals surface area contributed by atoms with Gasteiger partial charge in [0, 0.05) is 5.02 Å². The van der Waals surface area contributed by atoms with Crippen LogP contribution in [-0.2, 0) is 0 Å². The number of carbonyl (C=O) groups excluding carboxylic acids is 3. The van der Waals surface area contributed by atoms with E-state index in [2.05, 4.69) is 5.32 Å². The Balaban J connectivity index is 1.72. The van der Waals surface area contributed by atoms with Crippen LogP contribution in [0.5, 0.6) is 5.75 Å². The van der Waals surface area contributed by atoms with E-state index in [9.17, 15) is 14.4 Å². The number of nitrogens with zero attached hydrogens (tertiary/aromatic N) is 1. The van der Waals surface area contributed by atoms with Gasteiger partial charge in [-0.2, -0.15) is 0 Å². The number of rotatable bonds is 4. The molecule has 0 aliphatic carbocycles. The van der Waals surface area contributed by atoms with Crippen molar-refractivity contribution < 1.29 is 19.1 Å². The third kappa shape index (κ3) is 3.23. The summed E-state index contributed by atoms with van der Waals surface area (Å²) in [6.07, 6.45) is 0. The Morgan fingerprint density at radius 1 is 0.931 bits per heavy atom. The van der Waals surface area contributed by atoms with Gasteiger partial charge in [-0.1, -0.05) is 35.9 Å². The second-order valence-corrected chi connectivity index (χ2v) is 6.74. The molecule has 7 heteroatoms. The molecule has 0 aromatic heterocycles. The van der Waals surface area contributed by atoms with Crippen LogP contribution in [0.15, 0.2) is 66.7 Å². The molecule has 1 heterocycles. The van der Waals surface area contributed by atoms with E-state index < -0.39 is 17.7 Å². The molecule has 0 spiro atoms. The van der Waals surface area contributed by atoms with Crippen molar-refractivity contribution in [3.05, 3.63) is 88.4 Å². The third-order valence-electron chi connectivity index (χ3n) is 4.59. The molecule has 3 aromatic carbocycles. The molecule has 0 unspecified atom stereocenters. The minimum absolute atomic E-state index is 0.170. The molecule has 29 heavy (non-hydrogen) atoms. The van der Waals surface area contributed by atoms with Gasteiger partial charge in [-0.3, -0.25) is 14.4 Å². The fraction of sp³-hybridized carbons (Fsp3) is 0.0455. The second kappa shape index (κ2) is 7.41. The molecule has 3 aromatic rings. The number of halogens is 1. The van der Waals surface area contributed by atoms with Crippen LogP contribution in [0.2, 0.25) is 5.02 Å². The number of carbonyl (C=O) groups is 3. The predicted octanol–water partition coefficient (Wildman–Crippen LogP) is 4.40. The summed E-state index contributed by atoms with van der Waals surface area (Å²) in [4.78, 5) is 39.7. The number of benzene rings is 3. The maximum Gasteiger partial charge on any atom is 0.266 e. The summed E-state index contributed by atoms with van der Waals surface area (Å²) in [6, 6.07) is 17.8. The number of methoxy groups -OCH3 is 1. The van der Waals surface area contributed by atoms with Gasteiger partial charge in [0.1, 0.15) is 5.75 Å². The van der Waals surface area contributed by atoms with Crippen LogP contribution in [0.4, 0.5) is 11.4 Å². The van der Waals surface area contributed by atoms with E-state index in [0.29, 0.717) is 27.6 Å². The maximum atomic E-state index is 13.0. The SMILES string of the molecule is COc1ccc(Cl)cc1NC(=O)c1ccccc1N1C(=O)c2ccccc2C1=O. The molecule has 0 radical (unpaired) electrons. The molecule has 0 saturated carbocycles. The average Bonchev–Trinajstić information content (AvgIpc) is 2.99.